The van der Waals surface area contributed by atoms with Gasteiger partial charge in [-0.05, 0) is 290 Å². The predicted octanol–water partition coefficient (Wildman–Crippen LogP) is 28.0. The number of anilines is 5. The van der Waals surface area contributed by atoms with Crippen molar-refractivity contribution in [1.82, 2.24) is 25.2 Å². The minimum Gasteiger partial charge on any atom is -0.493 e. The van der Waals surface area contributed by atoms with Gasteiger partial charge in [-0.3, -0.25) is 0 Å². The van der Waals surface area contributed by atoms with Crippen LogP contribution >= 0.6 is 0 Å². The number of nitrogens with zero attached hydrogens (tertiary/aromatic N) is 8. The number of fused-ring (bicyclic) bond motifs is 2. The van der Waals surface area contributed by atoms with Gasteiger partial charge in [-0.2, -0.15) is 30.0 Å². The Hall–Kier alpha value is -18.0. The Bertz CT molecular complexity index is 6510. The van der Waals surface area contributed by atoms with Crippen molar-refractivity contribution in [2.75, 3.05) is 56.5 Å². The third-order valence-corrected chi connectivity index (χ3v) is 23.4. The Labute approximate surface area is 805 Å². The lowest BCUT2D eigenvalue weighted by Crippen LogP contribution is -2.55. The first kappa shape index (κ1) is 88.9. The molecular formula is C119H96N8O12. The van der Waals surface area contributed by atoms with Gasteiger partial charge in [0.1, 0.15) is 160 Å². The first-order valence-corrected chi connectivity index (χ1v) is 45.9. The molecule has 0 saturated carbocycles. The molecule has 0 atom stereocenters. The van der Waals surface area contributed by atoms with Gasteiger partial charge < -0.3 is 66.6 Å². The molecule has 0 fully saturated rings. The second kappa shape index (κ2) is 42.5. The Kier molecular flexibility index (Phi) is 27.1. The van der Waals surface area contributed by atoms with E-state index in [0.29, 0.717) is 137 Å². The second-order valence-electron chi connectivity index (χ2n) is 33.7. The highest BCUT2D eigenvalue weighted by molar-refractivity contribution is 6.16. The van der Waals surface area contributed by atoms with Crippen LogP contribution in [0.2, 0.25) is 0 Å². The maximum absolute atomic E-state index is 7.12. The molecule has 20 nitrogen and oxygen atoms in total. The second-order valence-corrected chi connectivity index (χ2v) is 33.7. The highest BCUT2D eigenvalue weighted by atomic mass is 16.5. The first-order chi connectivity index (χ1) is 68.6. The summed E-state index contributed by atoms with van der Waals surface area (Å²) >= 11 is 0. The minimum absolute atomic E-state index is 0.00997. The van der Waals surface area contributed by atoms with E-state index in [0.717, 1.165) is 39.6 Å². The van der Waals surface area contributed by atoms with E-state index in [2.05, 4.69) is 102 Å². The fourth-order valence-corrected chi connectivity index (χ4v) is 16.2. The number of hydrogen-bond donors (Lipinski definition) is 0. The van der Waals surface area contributed by atoms with Crippen LogP contribution in [0.15, 0.2) is 467 Å². The molecule has 18 aromatic carbocycles. The maximum Gasteiger partial charge on any atom is 0.178 e. The third kappa shape index (κ3) is 22.6. The van der Waals surface area contributed by atoms with Gasteiger partial charge in [0.2, 0.25) is 0 Å². The topological polar surface area (TPSA) is 179 Å². The largest absolute Gasteiger partial charge is 0.493 e. The molecule has 684 valence electrons. The first-order valence-electron chi connectivity index (χ1n) is 45.9. The van der Waals surface area contributed by atoms with Crippen LogP contribution in [0.1, 0.15) is 0 Å². The number of ether oxygens (including phenoxy) is 12. The van der Waals surface area contributed by atoms with Crippen LogP contribution in [0.4, 0.5) is 28.4 Å². The monoisotopic (exact) mass is 1830 g/mol. The third-order valence-electron chi connectivity index (χ3n) is 23.4. The van der Waals surface area contributed by atoms with Crippen molar-refractivity contribution >= 4 is 50.5 Å². The van der Waals surface area contributed by atoms with Gasteiger partial charge in [0.25, 0.3) is 0 Å². The Balaban J connectivity index is 0.758. The van der Waals surface area contributed by atoms with E-state index in [1.54, 1.807) is 9.59 Å². The summed E-state index contributed by atoms with van der Waals surface area (Å²) in [6, 6.07) is 151. The van der Waals surface area contributed by atoms with Gasteiger partial charge >= 0.3 is 0 Å². The lowest BCUT2D eigenvalue weighted by Gasteiger charge is -2.33. The van der Waals surface area contributed by atoms with Crippen LogP contribution < -0.4 is 76.5 Å². The smallest absolute Gasteiger partial charge is 0.178 e. The number of hydrogen-bond acceptors (Lipinski definition) is 17. The van der Waals surface area contributed by atoms with Crippen LogP contribution in [-0.2, 0) is 13.1 Å². The average molecular weight is 1830 g/mol. The van der Waals surface area contributed by atoms with Crippen molar-refractivity contribution in [3.63, 3.8) is 0 Å². The molecule has 0 aliphatic heterocycles. The molecule has 0 aliphatic rings. The van der Waals surface area contributed by atoms with Crippen molar-refractivity contribution in [1.29, 1.82) is 0 Å². The molecule has 0 aliphatic carbocycles. The predicted molar refractivity (Wildman–Crippen MR) is 542 cm³/mol. The quantitative estimate of drug-likeness (QED) is 0.0330. The lowest BCUT2D eigenvalue weighted by molar-refractivity contribution is -0.814. The summed E-state index contributed by atoms with van der Waals surface area (Å²) in [5.74, 6) is 11.3. The fourth-order valence-electron chi connectivity index (χ4n) is 16.2. The maximum atomic E-state index is 7.12. The van der Waals surface area contributed by atoms with E-state index in [-0.39, 0.29) is 52.7 Å². The summed E-state index contributed by atoms with van der Waals surface area (Å²) in [7, 11) is 2.06. The Morgan fingerprint density at radius 2 is 0.460 bits per heavy atom. The Morgan fingerprint density at radius 1 is 0.237 bits per heavy atom. The fraction of sp³-hybridized carbons (Fsp3) is 0.0924. The summed E-state index contributed by atoms with van der Waals surface area (Å²) in [6.45, 7) is 0.153. The van der Waals surface area contributed by atoms with E-state index in [4.69, 9.17) is 77.2 Å². The average Bonchev–Trinajstić information content (AvgIpc) is 1.57. The molecule has 2 aromatic heterocycles. The molecule has 20 heteroatoms. The van der Waals surface area contributed by atoms with Crippen molar-refractivity contribution in [3.8, 4) is 126 Å². The number of benzene rings is 18. The molecule has 20 rings (SSSR count). The summed E-state index contributed by atoms with van der Waals surface area (Å²) < 4.78 is 80.6. The molecule has 2 heterocycles. The zero-order valence-corrected chi connectivity index (χ0v) is 76.1. The summed E-state index contributed by atoms with van der Waals surface area (Å²) in [5.41, 5.74) is 7.40. The SMILES string of the molecule is CN(c1ccccc1)c1ccc(-c2c3nn(CC(COc4ccc(Oc5ccccc5)cc4)(COc4ccc(Oc5ccccc5)cc4)COc4ccc(Oc5ccccc5)cc4)nc3c(-c3ccc(N(c4ccccc4)c4ccccc4)cc3)c3n[n+](CC(COc4ccc(Oc5ccccc5)cc4)(COc4ccc(Oc5ccccc5)cc4)COc4ccc(Oc5ccccc5)cc4)[n-]c23)cc1. The van der Waals surface area contributed by atoms with Crippen molar-refractivity contribution in [3.05, 3.63) is 467 Å². The molecule has 139 heavy (non-hydrogen) atoms. The van der Waals surface area contributed by atoms with Gasteiger partial charge in [0.05, 0.1) is 12.0 Å². The van der Waals surface area contributed by atoms with Crippen LogP contribution in [-0.4, -0.2) is 66.8 Å². The standard InChI is InChI=1S/C119H96N8O12/c1-124(89-29-11-2-12-30-89)90-51-47-87(48-52-90)112-114-116(122-125(120-114)79-118(81-128-94-55-67-106(68-56-94)134-100-35-17-5-18-36-100,82-129-95-57-69-107(70-58-95)135-101-37-19-6-20-38-101)83-130-96-59-71-108(72-60-96)136-102-39-21-7-22-40-102)113(88-49-53-93(54-50-88)127(91-31-13-3-14-32-91)92-33-15-4-16-34-92)117-115(112)121-126(123-117)80-119(84-131-97-61-73-109(74-62-97)137-103-41-23-8-24-42-103,85-132-98-63-75-110(76-64-98)138-104-43-25-9-26-44-104)86-133-99-65-77-111(78-66-99)139-105-45-27-10-28-46-105/h2-78H,79-86H2,1H3. The van der Waals surface area contributed by atoms with Gasteiger partial charge in [0, 0.05) is 57.6 Å². The summed E-state index contributed by atoms with van der Waals surface area (Å²) in [4.78, 5) is 7.89. The van der Waals surface area contributed by atoms with Gasteiger partial charge in [-0.15, -0.1) is 0 Å². The van der Waals surface area contributed by atoms with Crippen molar-refractivity contribution in [2.45, 2.75) is 13.1 Å². The molecule has 0 radical (unpaired) electrons. The molecule has 0 spiro atoms. The zero-order chi connectivity index (χ0) is 93.6. The molecule has 0 bridgehead atoms. The highest BCUT2D eigenvalue weighted by Crippen LogP contribution is 2.45. The minimum atomic E-state index is -1.16. The molecule has 0 N–H and O–H groups in total. The van der Waals surface area contributed by atoms with E-state index in [1.165, 1.54) is 0 Å². The van der Waals surface area contributed by atoms with E-state index in [1.807, 2.05) is 382 Å². The highest BCUT2D eigenvalue weighted by Gasteiger charge is 2.41. The zero-order valence-electron chi connectivity index (χ0n) is 76.1. The Morgan fingerprint density at radius 3 is 0.755 bits per heavy atom. The number of rotatable bonds is 41. The van der Waals surface area contributed by atoms with Crippen LogP contribution in [0.25, 0.3) is 44.3 Å². The molecular weight excluding hydrogens is 1730 g/mol. The van der Waals surface area contributed by atoms with Gasteiger partial charge in [0.15, 0.2) is 6.54 Å². The van der Waals surface area contributed by atoms with E-state index < -0.39 is 10.8 Å². The lowest BCUT2D eigenvalue weighted by atomic mass is 9.91. The summed E-state index contributed by atoms with van der Waals surface area (Å²) in [6.07, 6.45) is 0. The van der Waals surface area contributed by atoms with Crippen LogP contribution in [0, 0.1) is 10.8 Å². The molecule has 0 amide bonds. The summed E-state index contributed by atoms with van der Waals surface area (Å²) in [5, 5.41) is 23.3. The van der Waals surface area contributed by atoms with Crippen molar-refractivity contribution < 1.29 is 61.6 Å². The normalized spacial score (nSPS) is 11.3. The molecule has 20 aromatic rings. The van der Waals surface area contributed by atoms with Gasteiger partial charge in [-0.1, -0.05) is 188 Å². The number of aromatic nitrogens is 6. The van der Waals surface area contributed by atoms with Gasteiger partial charge in [-0.25, -0.2) is 0 Å². The van der Waals surface area contributed by atoms with E-state index >= 15 is 0 Å². The van der Waals surface area contributed by atoms with E-state index in [9.17, 15) is 0 Å². The van der Waals surface area contributed by atoms with Crippen molar-refractivity contribution in [2.24, 2.45) is 10.8 Å². The van der Waals surface area contributed by atoms with Crippen LogP contribution in [0.3, 0.4) is 0 Å². The molecule has 0 unspecified atom stereocenters. The van der Waals surface area contributed by atoms with Crippen LogP contribution in [0.5, 0.6) is 103 Å². The molecule has 0 saturated heterocycles. The number of para-hydroxylation sites is 9.